The Hall–Kier alpha value is -2.57. The maximum Gasteiger partial charge on any atom is 0.289 e. The van der Waals surface area contributed by atoms with E-state index < -0.39 is 0 Å². The van der Waals surface area contributed by atoms with Crippen LogP contribution in [-0.2, 0) is 13.1 Å². The average Bonchev–Trinajstić information content (AvgIpc) is 3.14. The lowest BCUT2D eigenvalue weighted by atomic mass is 10.2. The molecule has 0 saturated carbocycles. The summed E-state index contributed by atoms with van der Waals surface area (Å²) in [7, 11) is 0. The van der Waals surface area contributed by atoms with E-state index in [1.54, 1.807) is 27.8 Å². The Balaban J connectivity index is 1.75. The Morgan fingerprint density at radius 3 is 2.86 bits per heavy atom. The van der Waals surface area contributed by atoms with Crippen molar-refractivity contribution < 1.29 is 14.0 Å². The van der Waals surface area contributed by atoms with Crippen LogP contribution in [0.25, 0.3) is 0 Å². The molecule has 2 amide bonds. The number of rotatable bonds is 3. The molecule has 0 atom stereocenters. The van der Waals surface area contributed by atoms with Gasteiger partial charge in [-0.25, -0.2) is 0 Å². The number of fused-ring (bicyclic) bond motifs is 1. The third-order valence-electron chi connectivity index (χ3n) is 3.47. The minimum absolute atomic E-state index is 0.0586. The number of carbonyl (C=O) groups is 2. The monoisotopic (exact) mass is 302 g/mol. The number of carbonyl (C=O) groups excluding carboxylic acids is 2. The van der Waals surface area contributed by atoms with Crippen LogP contribution in [0.3, 0.4) is 0 Å². The number of furan rings is 1. The first kappa shape index (κ1) is 14.4. The zero-order chi connectivity index (χ0) is 15.7. The first-order valence-electron chi connectivity index (χ1n) is 7.25. The topological polar surface area (TPSA) is 80.4 Å². The molecule has 0 radical (unpaired) electrons. The lowest BCUT2D eigenvalue weighted by Gasteiger charge is -2.26. The summed E-state index contributed by atoms with van der Waals surface area (Å²) in [6, 6.07) is 5.13. The van der Waals surface area contributed by atoms with E-state index in [-0.39, 0.29) is 17.9 Å². The summed E-state index contributed by atoms with van der Waals surface area (Å²) >= 11 is 0. The van der Waals surface area contributed by atoms with Crippen LogP contribution in [0.5, 0.6) is 0 Å². The van der Waals surface area contributed by atoms with Gasteiger partial charge in [0, 0.05) is 12.6 Å². The molecule has 1 aliphatic rings. The fraction of sp³-hybridized carbons (Fsp3) is 0.400. The second-order valence-electron chi connectivity index (χ2n) is 5.58. The molecule has 0 unspecified atom stereocenters. The molecule has 22 heavy (non-hydrogen) atoms. The predicted molar refractivity (Wildman–Crippen MR) is 78.3 cm³/mol. The van der Waals surface area contributed by atoms with Gasteiger partial charge in [0.1, 0.15) is 0 Å². The van der Waals surface area contributed by atoms with E-state index in [0.29, 0.717) is 31.1 Å². The fourth-order valence-corrected chi connectivity index (χ4v) is 2.44. The maximum absolute atomic E-state index is 12.3. The van der Waals surface area contributed by atoms with Gasteiger partial charge in [0.05, 0.1) is 25.0 Å². The summed E-state index contributed by atoms with van der Waals surface area (Å²) in [6.45, 7) is 5.33. The molecule has 1 aliphatic heterocycles. The van der Waals surface area contributed by atoms with Crippen molar-refractivity contribution in [1.82, 2.24) is 20.0 Å². The SMILES string of the molecule is CC(C)NC(=O)c1cc2n(n1)CCN(C(=O)c1ccco1)C2. The molecule has 0 aromatic carbocycles. The van der Waals surface area contributed by atoms with Crippen LogP contribution in [0.2, 0.25) is 0 Å². The fourth-order valence-electron chi connectivity index (χ4n) is 2.44. The van der Waals surface area contributed by atoms with Gasteiger partial charge < -0.3 is 14.6 Å². The van der Waals surface area contributed by atoms with Crippen molar-refractivity contribution in [2.45, 2.75) is 33.0 Å². The predicted octanol–water partition coefficient (Wildman–Crippen LogP) is 1.27. The molecule has 2 aromatic heterocycles. The van der Waals surface area contributed by atoms with E-state index in [1.165, 1.54) is 6.26 Å². The first-order valence-corrected chi connectivity index (χ1v) is 7.25. The highest BCUT2D eigenvalue weighted by Crippen LogP contribution is 2.16. The third-order valence-corrected chi connectivity index (χ3v) is 3.47. The standard InChI is InChI=1S/C15H18N4O3/c1-10(2)16-14(20)12-8-11-9-18(5-6-19(11)17-12)15(21)13-4-3-7-22-13/h3-4,7-8,10H,5-6,9H2,1-2H3,(H,16,20). The lowest BCUT2D eigenvalue weighted by Crippen LogP contribution is -2.38. The summed E-state index contributed by atoms with van der Waals surface area (Å²) in [5.74, 6) is -0.0165. The van der Waals surface area contributed by atoms with Crippen LogP contribution in [0.15, 0.2) is 28.9 Å². The molecule has 7 nitrogen and oxygen atoms in total. The lowest BCUT2D eigenvalue weighted by molar-refractivity contribution is 0.0673. The number of hydrogen-bond donors (Lipinski definition) is 1. The molecule has 0 fully saturated rings. The van der Waals surface area contributed by atoms with Gasteiger partial charge in [-0.15, -0.1) is 0 Å². The van der Waals surface area contributed by atoms with Crippen LogP contribution in [0, 0.1) is 0 Å². The largest absolute Gasteiger partial charge is 0.459 e. The van der Waals surface area contributed by atoms with Crippen LogP contribution >= 0.6 is 0 Å². The van der Waals surface area contributed by atoms with Crippen molar-refractivity contribution in [2.75, 3.05) is 6.54 Å². The highest BCUT2D eigenvalue weighted by molar-refractivity contribution is 5.93. The van der Waals surface area contributed by atoms with Crippen molar-refractivity contribution in [3.05, 3.63) is 41.6 Å². The second-order valence-corrected chi connectivity index (χ2v) is 5.58. The van der Waals surface area contributed by atoms with Crippen molar-refractivity contribution in [1.29, 1.82) is 0 Å². The molecule has 0 saturated heterocycles. The zero-order valence-electron chi connectivity index (χ0n) is 12.6. The highest BCUT2D eigenvalue weighted by Gasteiger charge is 2.25. The van der Waals surface area contributed by atoms with Crippen molar-refractivity contribution >= 4 is 11.8 Å². The zero-order valence-corrected chi connectivity index (χ0v) is 12.6. The minimum Gasteiger partial charge on any atom is -0.459 e. The van der Waals surface area contributed by atoms with Gasteiger partial charge in [-0.05, 0) is 32.0 Å². The summed E-state index contributed by atoms with van der Waals surface area (Å²) in [4.78, 5) is 26.0. The molecule has 3 rings (SSSR count). The smallest absolute Gasteiger partial charge is 0.289 e. The van der Waals surface area contributed by atoms with Crippen molar-refractivity contribution in [3.8, 4) is 0 Å². The van der Waals surface area contributed by atoms with Gasteiger partial charge in [-0.2, -0.15) is 5.10 Å². The second kappa shape index (κ2) is 5.67. The number of aromatic nitrogens is 2. The summed E-state index contributed by atoms with van der Waals surface area (Å²) in [6.07, 6.45) is 1.48. The Bertz CT molecular complexity index is 688. The molecule has 1 N–H and O–H groups in total. The quantitative estimate of drug-likeness (QED) is 0.926. The van der Waals surface area contributed by atoms with Crippen LogP contribution in [-0.4, -0.2) is 39.1 Å². The summed E-state index contributed by atoms with van der Waals surface area (Å²) < 4.78 is 6.92. The maximum atomic E-state index is 12.3. The van der Waals surface area contributed by atoms with Gasteiger partial charge in [-0.3, -0.25) is 14.3 Å². The number of hydrogen-bond acceptors (Lipinski definition) is 4. The van der Waals surface area contributed by atoms with E-state index in [2.05, 4.69) is 10.4 Å². The van der Waals surface area contributed by atoms with Gasteiger partial charge in [0.2, 0.25) is 0 Å². The van der Waals surface area contributed by atoms with Gasteiger partial charge in [0.25, 0.3) is 11.8 Å². The van der Waals surface area contributed by atoms with E-state index in [4.69, 9.17) is 4.42 Å². The Morgan fingerprint density at radius 1 is 1.36 bits per heavy atom. The third kappa shape index (κ3) is 2.74. The molecular weight excluding hydrogens is 284 g/mol. The average molecular weight is 302 g/mol. The minimum atomic E-state index is -0.194. The Morgan fingerprint density at radius 2 is 2.18 bits per heavy atom. The molecule has 116 valence electrons. The number of amides is 2. The van der Waals surface area contributed by atoms with Crippen molar-refractivity contribution in [2.24, 2.45) is 0 Å². The van der Waals surface area contributed by atoms with E-state index in [0.717, 1.165) is 5.69 Å². The van der Waals surface area contributed by atoms with Crippen LogP contribution < -0.4 is 5.32 Å². The molecule has 0 aliphatic carbocycles. The Labute approximate surface area is 127 Å². The molecule has 2 aromatic rings. The number of nitrogens with zero attached hydrogens (tertiary/aromatic N) is 3. The Kier molecular flexibility index (Phi) is 3.70. The molecule has 3 heterocycles. The normalized spacial score (nSPS) is 14.0. The van der Waals surface area contributed by atoms with E-state index in [1.807, 2.05) is 13.8 Å². The summed E-state index contributed by atoms with van der Waals surface area (Å²) in [5, 5.41) is 7.12. The molecule has 0 spiro atoms. The molecule has 0 bridgehead atoms. The summed E-state index contributed by atoms with van der Waals surface area (Å²) in [5.41, 5.74) is 1.23. The molecular formula is C15H18N4O3. The van der Waals surface area contributed by atoms with Crippen LogP contribution in [0.1, 0.15) is 40.6 Å². The van der Waals surface area contributed by atoms with Crippen LogP contribution in [0.4, 0.5) is 0 Å². The van der Waals surface area contributed by atoms with Gasteiger partial charge >= 0.3 is 0 Å². The van der Waals surface area contributed by atoms with Gasteiger partial charge in [-0.1, -0.05) is 0 Å². The van der Waals surface area contributed by atoms with Crippen molar-refractivity contribution in [3.63, 3.8) is 0 Å². The first-order chi connectivity index (χ1) is 10.5. The highest BCUT2D eigenvalue weighted by atomic mass is 16.3. The van der Waals surface area contributed by atoms with E-state index in [9.17, 15) is 9.59 Å². The van der Waals surface area contributed by atoms with Gasteiger partial charge in [0.15, 0.2) is 11.5 Å². The number of nitrogens with one attached hydrogen (secondary N) is 1. The van der Waals surface area contributed by atoms with E-state index >= 15 is 0 Å². The molecule has 7 heteroatoms.